The smallest absolute Gasteiger partial charge is 0.274 e. The summed E-state index contributed by atoms with van der Waals surface area (Å²) in [5, 5.41) is 3.31. The monoisotopic (exact) mass is 618 g/mol. The number of amides is 2. The molecule has 0 radical (unpaired) electrons. The van der Waals surface area contributed by atoms with Crippen LogP contribution in [-0.2, 0) is 13.1 Å². The number of hydrogen-bond acceptors (Lipinski definition) is 8. The van der Waals surface area contributed by atoms with Crippen LogP contribution in [0, 0.1) is 20.8 Å². The number of halogens is 4. The predicted octanol–water partition coefficient (Wildman–Crippen LogP) is 6.58. The van der Waals surface area contributed by atoms with Crippen molar-refractivity contribution in [2.24, 2.45) is 0 Å². The van der Waals surface area contributed by atoms with Crippen LogP contribution >= 0.6 is 34.5 Å². The molecule has 2 amide bonds. The van der Waals surface area contributed by atoms with E-state index in [2.05, 4.69) is 25.3 Å². The molecule has 9 nitrogen and oxygen atoms in total. The Morgan fingerprint density at radius 1 is 1.07 bits per heavy atom. The zero-order valence-electron chi connectivity index (χ0n) is 22.2. The van der Waals surface area contributed by atoms with Gasteiger partial charge in [-0.05, 0) is 38.5 Å². The van der Waals surface area contributed by atoms with E-state index in [1.807, 2.05) is 0 Å². The molecule has 0 atom stereocenters. The lowest BCUT2D eigenvalue weighted by Crippen LogP contribution is -2.27. The van der Waals surface area contributed by atoms with Crippen LogP contribution in [0.2, 0.25) is 10.2 Å². The molecule has 41 heavy (non-hydrogen) atoms. The Balaban J connectivity index is 1.36. The van der Waals surface area contributed by atoms with E-state index in [4.69, 9.17) is 27.9 Å². The van der Waals surface area contributed by atoms with Gasteiger partial charge < -0.3 is 9.64 Å². The third-order valence-corrected chi connectivity index (χ3v) is 8.29. The molecule has 0 aliphatic carbocycles. The summed E-state index contributed by atoms with van der Waals surface area (Å²) in [5.74, 6) is -0.488. The van der Waals surface area contributed by atoms with Gasteiger partial charge in [-0.25, -0.2) is 23.7 Å². The van der Waals surface area contributed by atoms with E-state index in [1.54, 1.807) is 19.1 Å². The minimum Gasteiger partial charge on any atom is -0.494 e. The number of nitrogens with zero attached hydrogens (tertiary/aromatic N) is 5. The highest BCUT2D eigenvalue weighted by Crippen LogP contribution is 2.37. The van der Waals surface area contributed by atoms with Crippen LogP contribution in [0.5, 0.6) is 5.75 Å². The van der Waals surface area contributed by atoms with Gasteiger partial charge in [-0.15, -0.1) is 0 Å². The molecule has 1 N–H and O–H groups in total. The summed E-state index contributed by atoms with van der Waals surface area (Å²) in [4.78, 5) is 45.7. The molecule has 0 spiro atoms. The molecule has 14 heteroatoms. The van der Waals surface area contributed by atoms with Gasteiger partial charge in [0.25, 0.3) is 18.2 Å². The van der Waals surface area contributed by atoms with Crippen molar-refractivity contribution in [3.05, 3.63) is 79.0 Å². The number of aromatic nitrogens is 4. The lowest BCUT2D eigenvalue weighted by atomic mass is 10.0. The van der Waals surface area contributed by atoms with Crippen LogP contribution < -0.4 is 10.1 Å². The molecule has 0 unspecified atom stereocenters. The van der Waals surface area contributed by atoms with E-state index >= 15 is 0 Å². The number of anilines is 1. The zero-order chi connectivity index (χ0) is 29.6. The molecule has 0 bridgehead atoms. The summed E-state index contributed by atoms with van der Waals surface area (Å²) in [6, 6.07) is 3.37. The number of carbonyl (C=O) groups is 2. The van der Waals surface area contributed by atoms with Crippen LogP contribution in [0.1, 0.15) is 60.4 Å². The Hall–Kier alpha value is -3.74. The van der Waals surface area contributed by atoms with Crippen molar-refractivity contribution < 1.29 is 23.1 Å². The molecule has 1 aliphatic rings. The van der Waals surface area contributed by atoms with Gasteiger partial charge in [-0.3, -0.25) is 19.9 Å². The first-order chi connectivity index (χ1) is 19.5. The van der Waals surface area contributed by atoms with Crippen molar-refractivity contribution in [2.45, 2.75) is 40.3 Å². The van der Waals surface area contributed by atoms with Gasteiger partial charge in [0.15, 0.2) is 5.13 Å². The van der Waals surface area contributed by atoms with Crippen LogP contribution in [0.4, 0.5) is 13.9 Å². The minimum absolute atomic E-state index is 0.0546. The number of alkyl halides is 2. The molecule has 212 valence electrons. The van der Waals surface area contributed by atoms with E-state index in [-0.39, 0.29) is 51.3 Å². The average molecular weight is 619 g/mol. The number of hydrogen-bond donors (Lipinski definition) is 1. The van der Waals surface area contributed by atoms with Crippen molar-refractivity contribution in [1.29, 1.82) is 0 Å². The summed E-state index contributed by atoms with van der Waals surface area (Å²) in [6.07, 6.45) is 0.193. The molecule has 4 aromatic rings. The second-order valence-corrected chi connectivity index (χ2v) is 11.1. The van der Waals surface area contributed by atoms with Crippen molar-refractivity contribution in [1.82, 2.24) is 24.8 Å². The van der Waals surface area contributed by atoms with E-state index in [9.17, 15) is 18.4 Å². The summed E-state index contributed by atoms with van der Waals surface area (Å²) in [6.45, 7) is 5.03. The van der Waals surface area contributed by atoms with Crippen molar-refractivity contribution in [3.8, 4) is 16.9 Å². The van der Waals surface area contributed by atoms with Gasteiger partial charge in [0.1, 0.15) is 16.6 Å². The van der Waals surface area contributed by atoms with E-state index in [0.717, 1.165) is 4.88 Å². The fourth-order valence-corrected chi connectivity index (χ4v) is 5.98. The van der Waals surface area contributed by atoms with E-state index in [0.29, 0.717) is 33.4 Å². The Kier molecular flexibility index (Phi) is 7.91. The van der Waals surface area contributed by atoms with Gasteiger partial charge >= 0.3 is 0 Å². The SMILES string of the molecule is COc1cnc(Cl)cc1-c1cc(C)ncc1C(=O)Nc1nc2c(s1)CN(C(=O)c1nc(C)c(C(F)F)c(C)c1Cl)C2. The third-order valence-electron chi connectivity index (χ3n) is 6.62. The number of carbonyl (C=O) groups excluding carboxylic acids is 2. The zero-order valence-corrected chi connectivity index (χ0v) is 24.5. The van der Waals surface area contributed by atoms with Crippen molar-refractivity contribution in [2.75, 3.05) is 12.4 Å². The number of ether oxygens (including phenoxy) is 1. The fourth-order valence-electron chi connectivity index (χ4n) is 4.61. The fraction of sp³-hybridized carbons (Fsp3) is 0.259. The largest absolute Gasteiger partial charge is 0.494 e. The number of aryl methyl sites for hydroxylation is 2. The highest BCUT2D eigenvalue weighted by molar-refractivity contribution is 7.16. The molecule has 0 aromatic carbocycles. The van der Waals surface area contributed by atoms with Gasteiger partial charge in [0, 0.05) is 34.3 Å². The third kappa shape index (κ3) is 5.46. The van der Waals surface area contributed by atoms with Gasteiger partial charge in [0.2, 0.25) is 0 Å². The minimum atomic E-state index is -2.75. The van der Waals surface area contributed by atoms with Crippen LogP contribution in [0.3, 0.4) is 0 Å². The number of thiazole rings is 1. The van der Waals surface area contributed by atoms with Crippen LogP contribution in [0.15, 0.2) is 24.5 Å². The van der Waals surface area contributed by atoms with Crippen LogP contribution in [0.25, 0.3) is 11.1 Å². The molecular formula is C27H22Cl2F2N6O3S. The first-order valence-corrected chi connectivity index (χ1v) is 13.8. The molecular weight excluding hydrogens is 597 g/mol. The highest BCUT2D eigenvalue weighted by Gasteiger charge is 2.32. The van der Waals surface area contributed by atoms with E-state index < -0.39 is 18.2 Å². The molecule has 0 saturated heterocycles. The molecule has 4 aromatic heterocycles. The lowest BCUT2D eigenvalue weighted by molar-refractivity contribution is 0.0743. The summed E-state index contributed by atoms with van der Waals surface area (Å²) in [7, 11) is 1.50. The Morgan fingerprint density at radius 2 is 1.83 bits per heavy atom. The maximum absolute atomic E-state index is 13.4. The number of rotatable bonds is 6. The van der Waals surface area contributed by atoms with Gasteiger partial charge in [-0.1, -0.05) is 34.5 Å². The molecule has 0 saturated carbocycles. The first kappa shape index (κ1) is 28.8. The average Bonchev–Trinajstić information content (AvgIpc) is 3.49. The topological polar surface area (TPSA) is 110 Å². The number of pyridine rings is 3. The maximum Gasteiger partial charge on any atom is 0.274 e. The second kappa shape index (κ2) is 11.3. The molecule has 0 fully saturated rings. The Morgan fingerprint density at radius 3 is 2.51 bits per heavy atom. The van der Waals surface area contributed by atoms with E-state index in [1.165, 1.54) is 49.6 Å². The summed E-state index contributed by atoms with van der Waals surface area (Å²) < 4.78 is 32.2. The van der Waals surface area contributed by atoms with Gasteiger partial charge in [-0.2, -0.15) is 0 Å². The summed E-state index contributed by atoms with van der Waals surface area (Å²) >= 11 is 13.6. The number of methoxy groups -OCH3 is 1. The summed E-state index contributed by atoms with van der Waals surface area (Å²) in [5.41, 5.74) is 2.55. The standard InChI is InChI=1S/C27H22Cl2F2N6O3S/c1-11-5-14(15-6-20(28)33-8-18(15)40-4)16(7-32-11)25(38)36-27-35-17-9-37(10-19(17)41-27)26(39)23-22(29)12(2)21(24(30)31)13(3)34-23/h5-8,24H,9-10H2,1-4H3,(H,35,36,38). The Labute approximate surface area is 247 Å². The number of nitrogens with one attached hydrogen (secondary N) is 1. The van der Waals surface area contributed by atoms with Crippen LogP contribution in [-0.4, -0.2) is 43.8 Å². The van der Waals surface area contributed by atoms with Crippen molar-refractivity contribution in [3.63, 3.8) is 0 Å². The normalized spacial score (nSPS) is 12.6. The molecule has 1 aliphatic heterocycles. The molecule has 5 heterocycles. The number of fused-ring (bicyclic) bond motifs is 1. The van der Waals surface area contributed by atoms with Gasteiger partial charge in [0.05, 0.1) is 47.6 Å². The second-order valence-electron chi connectivity index (χ2n) is 9.28. The predicted molar refractivity (Wildman–Crippen MR) is 151 cm³/mol. The van der Waals surface area contributed by atoms with Crippen molar-refractivity contribution >= 4 is 51.5 Å². The molecule has 5 rings (SSSR count). The Bertz CT molecular complexity index is 1690. The maximum atomic E-state index is 13.4. The quantitative estimate of drug-likeness (QED) is 0.243. The lowest BCUT2D eigenvalue weighted by Gasteiger charge is -2.18. The first-order valence-electron chi connectivity index (χ1n) is 12.2. The highest BCUT2D eigenvalue weighted by atomic mass is 35.5.